The van der Waals surface area contributed by atoms with Crippen LogP contribution in [0.25, 0.3) is 0 Å². The summed E-state index contributed by atoms with van der Waals surface area (Å²) >= 11 is 2.15. The van der Waals surface area contributed by atoms with Gasteiger partial charge < -0.3 is 5.32 Å². The van der Waals surface area contributed by atoms with Gasteiger partial charge in [-0.25, -0.2) is 8.42 Å². The fourth-order valence-corrected chi connectivity index (χ4v) is 3.85. The SMILES string of the molecule is O=C(Cc1ccccc1)Nc1ccc(S(=O)(=O)Nc2ccc(I)cc2)cc1. The molecular weight excluding hydrogens is 475 g/mol. The van der Waals surface area contributed by atoms with Crippen molar-refractivity contribution in [3.63, 3.8) is 0 Å². The van der Waals surface area contributed by atoms with Crippen molar-refractivity contribution in [3.05, 3.63) is 88.0 Å². The van der Waals surface area contributed by atoms with Crippen LogP contribution in [-0.2, 0) is 21.2 Å². The van der Waals surface area contributed by atoms with E-state index in [0.29, 0.717) is 11.4 Å². The number of hydrogen-bond acceptors (Lipinski definition) is 3. The number of carbonyl (C=O) groups is 1. The van der Waals surface area contributed by atoms with Gasteiger partial charge in [0.05, 0.1) is 11.3 Å². The zero-order valence-corrected chi connectivity index (χ0v) is 17.2. The molecule has 2 N–H and O–H groups in total. The molecule has 0 aromatic heterocycles. The van der Waals surface area contributed by atoms with Gasteiger partial charge in [0, 0.05) is 14.9 Å². The van der Waals surface area contributed by atoms with Crippen LogP contribution in [0.4, 0.5) is 11.4 Å². The maximum atomic E-state index is 12.5. The van der Waals surface area contributed by atoms with Gasteiger partial charge >= 0.3 is 0 Å². The molecule has 0 bridgehead atoms. The molecular formula is C20H17IN2O3S. The second kappa shape index (κ2) is 8.53. The molecule has 0 fully saturated rings. The fraction of sp³-hybridized carbons (Fsp3) is 0.0500. The Kier molecular flexibility index (Phi) is 6.12. The molecule has 0 unspecified atom stereocenters. The zero-order valence-electron chi connectivity index (χ0n) is 14.2. The molecule has 0 saturated heterocycles. The van der Waals surface area contributed by atoms with E-state index in [-0.39, 0.29) is 17.2 Å². The molecule has 0 aliphatic rings. The highest BCUT2D eigenvalue weighted by Gasteiger charge is 2.14. The quantitative estimate of drug-likeness (QED) is 0.505. The van der Waals surface area contributed by atoms with Crippen LogP contribution in [0.15, 0.2) is 83.8 Å². The van der Waals surface area contributed by atoms with Gasteiger partial charge in [0.15, 0.2) is 0 Å². The molecule has 0 aliphatic heterocycles. The number of sulfonamides is 1. The summed E-state index contributed by atoms with van der Waals surface area (Å²) in [5, 5.41) is 2.77. The van der Waals surface area contributed by atoms with Crippen molar-refractivity contribution in [2.75, 3.05) is 10.0 Å². The minimum atomic E-state index is -3.69. The van der Waals surface area contributed by atoms with Crippen LogP contribution in [-0.4, -0.2) is 14.3 Å². The van der Waals surface area contributed by atoms with Gasteiger partial charge in [-0.3, -0.25) is 9.52 Å². The molecule has 0 spiro atoms. The van der Waals surface area contributed by atoms with Crippen LogP contribution >= 0.6 is 22.6 Å². The predicted molar refractivity (Wildman–Crippen MR) is 115 cm³/mol. The first kappa shape index (κ1) is 19.4. The summed E-state index contributed by atoms with van der Waals surface area (Å²) in [4.78, 5) is 12.2. The summed E-state index contributed by atoms with van der Waals surface area (Å²) < 4.78 is 28.5. The molecule has 3 rings (SSSR count). The molecule has 0 saturated carbocycles. The third kappa shape index (κ3) is 5.54. The second-order valence-corrected chi connectivity index (χ2v) is 8.78. The molecule has 0 heterocycles. The van der Waals surface area contributed by atoms with E-state index in [9.17, 15) is 13.2 Å². The van der Waals surface area contributed by atoms with E-state index < -0.39 is 10.0 Å². The van der Waals surface area contributed by atoms with Crippen molar-refractivity contribution in [3.8, 4) is 0 Å². The fourth-order valence-electron chi connectivity index (χ4n) is 2.44. The summed E-state index contributed by atoms with van der Waals surface area (Å²) in [6.45, 7) is 0. The van der Waals surface area contributed by atoms with E-state index in [2.05, 4.69) is 32.6 Å². The minimum Gasteiger partial charge on any atom is -0.326 e. The Labute approximate surface area is 172 Å². The molecule has 0 atom stereocenters. The average molecular weight is 492 g/mol. The molecule has 3 aromatic carbocycles. The lowest BCUT2D eigenvalue weighted by Gasteiger charge is -2.10. The predicted octanol–water partition coefficient (Wildman–Crippen LogP) is 4.27. The third-order valence-corrected chi connectivity index (χ3v) is 5.87. The van der Waals surface area contributed by atoms with E-state index >= 15 is 0 Å². The molecule has 5 nitrogen and oxygen atoms in total. The van der Waals surface area contributed by atoms with Crippen LogP contribution < -0.4 is 10.0 Å². The van der Waals surface area contributed by atoms with Crippen LogP contribution in [0.3, 0.4) is 0 Å². The molecule has 0 aliphatic carbocycles. The van der Waals surface area contributed by atoms with E-state index in [0.717, 1.165) is 9.13 Å². The van der Waals surface area contributed by atoms with Crippen molar-refractivity contribution in [2.24, 2.45) is 0 Å². The number of halogens is 1. The monoisotopic (exact) mass is 492 g/mol. The van der Waals surface area contributed by atoms with Crippen LogP contribution in [0.1, 0.15) is 5.56 Å². The molecule has 1 amide bonds. The highest BCUT2D eigenvalue weighted by atomic mass is 127. The Morgan fingerprint density at radius 3 is 2.04 bits per heavy atom. The highest BCUT2D eigenvalue weighted by molar-refractivity contribution is 14.1. The van der Waals surface area contributed by atoms with Crippen molar-refractivity contribution >= 4 is 49.9 Å². The van der Waals surface area contributed by atoms with Gasteiger partial charge in [0.25, 0.3) is 10.0 Å². The van der Waals surface area contributed by atoms with Gasteiger partial charge in [0.1, 0.15) is 0 Å². The molecule has 138 valence electrons. The van der Waals surface area contributed by atoms with E-state index in [4.69, 9.17) is 0 Å². The van der Waals surface area contributed by atoms with Gasteiger partial charge in [-0.15, -0.1) is 0 Å². The lowest BCUT2D eigenvalue weighted by atomic mass is 10.1. The lowest BCUT2D eigenvalue weighted by Crippen LogP contribution is -2.15. The number of amides is 1. The van der Waals surface area contributed by atoms with Gasteiger partial charge in [-0.2, -0.15) is 0 Å². The Bertz CT molecular complexity index is 1020. The number of hydrogen-bond donors (Lipinski definition) is 2. The largest absolute Gasteiger partial charge is 0.326 e. The summed E-state index contributed by atoms with van der Waals surface area (Å²) in [5.41, 5.74) is 1.95. The average Bonchev–Trinajstić information content (AvgIpc) is 2.65. The molecule has 27 heavy (non-hydrogen) atoms. The Hall–Kier alpha value is -2.39. The van der Waals surface area contributed by atoms with Gasteiger partial charge in [0.2, 0.25) is 5.91 Å². The molecule has 0 radical (unpaired) electrons. The Morgan fingerprint density at radius 1 is 0.815 bits per heavy atom. The first-order chi connectivity index (χ1) is 12.9. The van der Waals surface area contributed by atoms with Crippen molar-refractivity contribution in [2.45, 2.75) is 11.3 Å². The number of benzene rings is 3. The topological polar surface area (TPSA) is 75.3 Å². The van der Waals surface area contributed by atoms with E-state index in [1.807, 2.05) is 42.5 Å². The van der Waals surface area contributed by atoms with Crippen LogP contribution in [0.2, 0.25) is 0 Å². The van der Waals surface area contributed by atoms with Crippen LogP contribution in [0.5, 0.6) is 0 Å². The maximum absolute atomic E-state index is 12.5. The number of carbonyl (C=O) groups excluding carboxylic acids is 1. The normalized spacial score (nSPS) is 11.0. The van der Waals surface area contributed by atoms with Crippen molar-refractivity contribution in [1.29, 1.82) is 0 Å². The second-order valence-electron chi connectivity index (χ2n) is 5.85. The number of nitrogens with one attached hydrogen (secondary N) is 2. The van der Waals surface area contributed by atoms with Crippen molar-refractivity contribution < 1.29 is 13.2 Å². The summed E-state index contributed by atoms with van der Waals surface area (Å²) in [6, 6.07) is 22.5. The Balaban J connectivity index is 1.65. The number of anilines is 2. The molecule has 7 heteroatoms. The summed E-state index contributed by atoms with van der Waals surface area (Å²) in [6.07, 6.45) is 0.259. The first-order valence-electron chi connectivity index (χ1n) is 8.15. The van der Waals surface area contributed by atoms with Crippen molar-refractivity contribution in [1.82, 2.24) is 0 Å². The summed E-state index contributed by atoms with van der Waals surface area (Å²) in [5.74, 6) is -0.158. The van der Waals surface area contributed by atoms with E-state index in [1.165, 1.54) is 12.1 Å². The Morgan fingerprint density at radius 2 is 1.41 bits per heavy atom. The van der Waals surface area contributed by atoms with E-state index in [1.54, 1.807) is 24.3 Å². The standard InChI is InChI=1S/C20H17IN2O3S/c21-16-6-8-18(9-7-16)23-27(25,26)19-12-10-17(11-13-19)22-20(24)14-15-4-2-1-3-5-15/h1-13,23H,14H2,(H,22,24). The first-order valence-corrected chi connectivity index (χ1v) is 10.7. The van der Waals surface area contributed by atoms with Gasteiger partial charge in [-0.1, -0.05) is 30.3 Å². The lowest BCUT2D eigenvalue weighted by molar-refractivity contribution is -0.115. The smallest absolute Gasteiger partial charge is 0.261 e. The minimum absolute atomic E-state index is 0.127. The van der Waals surface area contributed by atoms with Gasteiger partial charge in [-0.05, 0) is 76.7 Å². The third-order valence-electron chi connectivity index (χ3n) is 3.75. The molecule has 3 aromatic rings. The number of rotatable bonds is 6. The maximum Gasteiger partial charge on any atom is 0.261 e. The zero-order chi connectivity index (χ0) is 19.3. The van der Waals surface area contributed by atoms with Crippen LogP contribution in [0, 0.1) is 3.57 Å². The summed E-state index contributed by atoms with van der Waals surface area (Å²) in [7, 11) is -3.69. The highest BCUT2D eigenvalue weighted by Crippen LogP contribution is 2.19.